The Morgan fingerprint density at radius 1 is 1.33 bits per heavy atom. The molecule has 18 heavy (non-hydrogen) atoms. The predicted octanol–water partition coefficient (Wildman–Crippen LogP) is 3.40. The highest BCUT2D eigenvalue weighted by Crippen LogP contribution is 2.35. The van der Waals surface area contributed by atoms with Crippen molar-refractivity contribution in [3.63, 3.8) is 0 Å². The van der Waals surface area contributed by atoms with Gasteiger partial charge in [-0.2, -0.15) is 0 Å². The van der Waals surface area contributed by atoms with Crippen LogP contribution in [0, 0.1) is 0 Å². The van der Waals surface area contributed by atoms with Gasteiger partial charge in [0.1, 0.15) is 11.5 Å². The summed E-state index contributed by atoms with van der Waals surface area (Å²) in [6, 6.07) is 5.96. The van der Waals surface area contributed by atoms with E-state index in [0.717, 1.165) is 47.9 Å². The molecule has 0 bridgehead atoms. The standard InChI is InChI=1S/C15H17NO2/c1-18-10-6-7-14-12(8-10)13(9-16-14)11-4-2-3-5-15(11)17/h6-9,11,16H,2-5H2,1H3. The first-order valence-corrected chi connectivity index (χ1v) is 6.47. The quantitative estimate of drug-likeness (QED) is 0.878. The normalized spacial score (nSPS) is 20.3. The number of methoxy groups -OCH3 is 1. The van der Waals surface area contributed by atoms with Crippen molar-refractivity contribution in [2.75, 3.05) is 7.11 Å². The highest BCUT2D eigenvalue weighted by Gasteiger charge is 2.26. The van der Waals surface area contributed by atoms with E-state index in [0.29, 0.717) is 5.78 Å². The van der Waals surface area contributed by atoms with Crippen molar-refractivity contribution in [1.29, 1.82) is 0 Å². The molecule has 94 valence electrons. The summed E-state index contributed by atoms with van der Waals surface area (Å²) in [7, 11) is 1.67. The number of fused-ring (bicyclic) bond motifs is 1. The third-order valence-electron chi connectivity index (χ3n) is 3.85. The third-order valence-corrected chi connectivity index (χ3v) is 3.85. The summed E-state index contributed by atoms with van der Waals surface area (Å²) in [6.07, 6.45) is 5.87. The Bertz CT molecular complexity index is 585. The highest BCUT2D eigenvalue weighted by molar-refractivity contribution is 5.93. The van der Waals surface area contributed by atoms with Crippen LogP contribution in [0.15, 0.2) is 24.4 Å². The number of carbonyl (C=O) groups excluding carboxylic acids is 1. The number of rotatable bonds is 2. The van der Waals surface area contributed by atoms with Crippen LogP contribution >= 0.6 is 0 Å². The van der Waals surface area contributed by atoms with E-state index in [1.807, 2.05) is 24.4 Å². The molecule has 2 aromatic rings. The van der Waals surface area contributed by atoms with Crippen molar-refractivity contribution < 1.29 is 9.53 Å². The van der Waals surface area contributed by atoms with Gasteiger partial charge in [-0.1, -0.05) is 6.42 Å². The Labute approximate surface area is 106 Å². The minimum absolute atomic E-state index is 0.0691. The van der Waals surface area contributed by atoms with Gasteiger partial charge < -0.3 is 9.72 Å². The molecule has 0 saturated heterocycles. The molecule has 1 N–H and O–H groups in total. The lowest BCUT2D eigenvalue weighted by atomic mass is 9.83. The van der Waals surface area contributed by atoms with Crippen LogP contribution in [0.25, 0.3) is 10.9 Å². The molecule has 3 rings (SSSR count). The fraction of sp³-hybridized carbons (Fsp3) is 0.400. The largest absolute Gasteiger partial charge is 0.497 e. The first kappa shape index (κ1) is 11.3. The average molecular weight is 243 g/mol. The van der Waals surface area contributed by atoms with Crippen LogP contribution < -0.4 is 4.74 Å². The van der Waals surface area contributed by atoms with E-state index in [4.69, 9.17) is 4.74 Å². The van der Waals surface area contributed by atoms with Crippen LogP contribution in [0.2, 0.25) is 0 Å². The number of H-pyrrole nitrogens is 1. The number of ether oxygens (including phenoxy) is 1. The third kappa shape index (κ3) is 1.80. The molecule has 3 nitrogen and oxygen atoms in total. The van der Waals surface area contributed by atoms with Crippen molar-refractivity contribution in [3.05, 3.63) is 30.0 Å². The fourth-order valence-electron chi connectivity index (χ4n) is 2.85. The molecule has 0 amide bonds. The summed E-state index contributed by atoms with van der Waals surface area (Å²) in [5, 5.41) is 1.12. The Morgan fingerprint density at radius 2 is 2.22 bits per heavy atom. The Balaban J connectivity index is 2.07. The van der Waals surface area contributed by atoms with E-state index in [9.17, 15) is 4.79 Å². The van der Waals surface area contributed by atoms with E-state index < -0.39 is 0 Å². The number of aromatic nitrogens is 1. The summed E-state index contributed by atoms with van der Waals surface area (Å²) in [4.78, 5) is 15.3. The van der Waals surface area contributed by atoms with Crippen molar-refractivity contribution in [3.8, 4) is 5.75 Å². The second-order valence-corrected chi connectivity index (χ2v) is 4.92. The molecule has 0 spiro atoms. The molecule has 1 unspecified atom stereocenters. The lowest BCUT2D eigenvalue weighted by Gasteiger charge is -2.20. The first-order chi connectivity index (χ1) is 8.79. The van der Waals surface area contributed by atoms with Gasteiger partial charge >= 0.3 is 0 Å². The molecular formula is C15H17NO2. The molecule has 1 heterocycles. The molecule has 1 saturated carbocycles. The van der Waals surface area contributed by atoms with Crippen molar-refractivity contribution >= 4 is 16.7 Å². The smallest absolute Gasteiger partial charge is 0.140 e. The fourth-order valence-corrected chi connectivity index (χ4v) is 2.85. The molecule has 1 aromatic heterocycles. The average Bonchev–Trinajstić information content (AvgIpc) is 2.82. The van der Waals surface area contributed by atoms with Crippen LogP contribution in [-0.4, -0.2) is 17.9 Å². The van der Waals surface area contributed by atoms with Gasteiger partial charge in [-0.25, -0.2) is 0 Å². The van der Waals surface area contributed by atoms with Crippen LogP contribution in [0.4, 0.5) is 0 Å². The highest BCUT2D eigenvalue weighted by atomic mass is 16.5. The number of benzene rings is 1. The van der Waals surface area contributed by atoms with Crippen LogP contribution in [0.5, 0.6) is 5.75 Å². The maximum absolute atomic E-state index is 12.0. The van der Waals surface area contributed by atoms with Gasteiger partial charge in [-0.3, -0.25) is 4.79 Å². The summed E-state index contributed by atoms with van der Waals surface area (Å²) in [6.45, 7) is 0. The van der Waals surface area contributed by atoms with Gasteiger partial charge in [0.2, 0.25) is 0 Å². The molecule has 1 fully saturated rings. The Kier molecular flexibility index (Phi) is 2.82. The number of Topliss-reactive ketones (excluding diaryl/α,β-unsaturated/α-hetero) is 1. The molecule has 1 aliphatic carbocycles. The maximum Gasteiger partial charge on any atom is 0.140 e. The van der Waals surface area contributed by atoms with Gasteiger partial charge in [-0.05, 0) is 36.6 Å². The molecule has 1 aliphatic rings. The Hall–Kier alpha value is -1.77. The first-order valence-electron chi connectivity index (χ1n) is 6.47. The van der Waals surface area contributed by atoms with Gasteiger partial charge in [-0.15, -0.1) is 0 Å². The van der Waals surface area contributed by atoms with E-state index in [1.165, 1.54) is 0 Å². The second kappa shape index (κ2) is 4.48. The minimum atomic E-state index is 0.0691. The number of aromatic amines is 1. The predicted molar refractivity (Wildman–Crippen MR) is 71.1 cm³/mol. The van der Waals surface area contributed by atoms with E-state index in [2.05, 4.69) is 4.98 Å². The lowest BCUT2D eigenvalue weighted by Crippen LogP contribution is -2.16. The summed E-state index contributed by atoms with van der Waals surface area (Å²) < 4.78 is 5.26. The molecule has 0 aliphatic heterocycles. The summed E-state index contributed by atoms with van der Waals surface area (Å²) >= 11 is 0. The SMILES string of the molecule is COc1ccc2[nH]cc(C3CCCCC3=O)c2c1. The van der Waals surface area contributed by atoms with Crippen molar-refractivity contribution in [2.45, 2.75) is 31.6 Å². The van der Waals surface area contributed by atoms with Gasteiger partial charge in [0.05, 0.1) is 7.11 Å². The summed E-state index contributed by atoms with van der Waals surface area (Å²) in [5.41, 5.74) is 2.21. The number of nitrogens with one attached hydrogen (secondary N) is 1. The van der Waals surface area contributed by atoms with Crippen LogP contribution in [0.1, 0.15) is 37.2 Å². The zero-order valence-electron chi connectivity index (χ0n) is 10.5. The molecular weight excluding hydrogens is 226 g/mol. The molecule has 1 atom stereocenters. The van der Waals surface area contributed by atoms with Gasteiger partial charge in [0.25, 0.3) is 0 Å². The van der Waals surface area contributed by atoms with Crippen molar-refractivity contribution in [1.82, 2.24) is 4.98 Å². The summed E-state index contributed by atoms with van der Waals surface area (Å²) in [5.74, 6) is 1.29. The zero-order chi connectivity index (χ0) is 12.5. The lowest BCUT2D eigenvalue weighted by molar-refractivity contribution is -0.121. The van der Waals surface area contributed by atoms with Crippen molar-refractivity contribution in [2.24, 2.45) is 0 Å². The minimum Gasteiger partial charge on any atom is -0.497 e. The maximum atomic E-state index is 12.0. The number of hydrogen-bond acceptors (Lipinski definition) is 2. The number of carbonyl (C=O) groups is 1. The number of ketones is 1. The van der Waals surface area contributed by atoms with E-state index in [-0.39, 0.29) is 5.92 Å². The van der Waals surface area contributed by atoms with Crippen LogP contribution in [-0.2, 0) is 4.79 Å². The van der Waals surface area contributed by atoms with E-state index >= 15 is 0 Å². The monoisotopic (exact) mass is 243 g/mol. The zero-order valence-corrected chi connectivity index (χ0v) is 10.5. The van der Waals surface area contributed by atoms with Crippen LogP contribution in [0.3, 0.4) is 0 Å². The molecule has 1 aromatic carbocycles. The molecule has 3 heteroatoms. The Morgan fingerprint density at radius 3 is 3.00 bits per heavy atom. The number of hydrogen-bond donors (Lipinski definition) is 1. The topological polar surface area (TPSA) is 42.1 Å². The van der Waals surface area contributed by atoms with Gasteiger partial charge in [0, 0.05) is 29.4 Å². The second-order valence-electron chi connectivity index (χ2n) is 4.92. The molecule has 0 radical (unpaired) electrons. The van der Waals surface area contributed by atoms with E-state index in [1.54, 1.807) is 7.11 Å². The van der Waals surface area contributed by atoms with Gasteiger partial charge in [0.15, 0.2) is 0 Å².